The number of nitrogens with zero attached hydrogens (tertiary/aromatic N) is 4. The van der Waals surface area contributed by atoms with Gasteiger partial charge in [-0.15, -0.1) is 0 Å². The molecule has 20 heavy (non-hydrogen) atoms. The largest absolute Gasteiger partial charge is 0.357 e. The number of anilines is 1. The Hall–Kier alpha value is -2.16. The van der Waals surface area contributed by atoms with Crippen LogP contribution in [0.3, 0.4) is 0 Å². The summed E-state index contributed by atoms with van der Waals surface area (Å²) < 4.78 is 0. The first-order valence-electron chi connectivity index (χ1n) is 6.81. The molecule has 6 heteroatoms. The lowest BCUT2D eigenvalue weighted by Gasteiger charge is -2.34. The Bertz CT molecular complexity index is 545. The predicted octanol–water partition coefficient (Wildman–Crippen LogP) is 2.88. The van der Waals surface area contributed by atoms with Gasteiger partial charge in [0, 0.05) is 19.2 Å². The van der Waals surface area contributed by atoms with E-state index in [4.69, 9.17) is 5.26 Å². The van der Waals surface area contributed by atoms with Crippen LogP contribution in [0, 0.1) is 27.4 Å². The molecule has 0 aromatic carbocycles. The highest BCUT2D eigenvalue weighted by molar-refractivity contribution is 5.51. The Kier molecular flexibility index (Phi) is 4.18. The van der Waals surface area contributed by atoms with Crippen LogP contribution >= 0.6 is 0 Å². The Morgan fingerprint density at radius 3 is 2.60 bits per heavy atom. The van der Waals surface area contributed by atoms with Crippen LogP contribution in [-0.4, -0.2) is 23.0 Å². The van der Waals surface area contributed by atoms with E-state index in [1.807, 2.05) is 11.9 Å². The van der Waals surface area contributed by atoms with E-state index in [1.165, 1.54) is 18.9 Å². The molecule has 0 N–H and O–H groups in total. The summed E-state index contributed by atoms with van der Waals surface area (Å²) in [6.45, 7) is 2.26. The minimum atomic E-state index is -0.572. The molecule has 1 heterocycles. The third-order valence-electron chi connectivity index (χ3n) is 4.06. The molecular formula is C14H18N4O2. The second-order valence-corrected chi connectivity index (χ2v) is 5.43. The SMILES string of the molecule is CC1CCC(N(C)c2ccc([N+](=O)[O-])c(C#N)n2)CC1. The molecule has 106 valence electrons. The smallest absolute Gasteiger partial charge is 0.305 e. The van der Waals surface area contributed by atoms with Gasteiger partial charge in [-0.05, 0) is 37.7 Å². The fourth-order valence-electron chi connectivity index (χ4n) is 2.68. The van der Waals surface area contributed by atoms with E-state index < -0.39 is 4.92 Å². The van der Waals surface area contributed by atoms with Gasteiger partial charge in [0.05, 0.1) is 4.92 Å². The molecule has 1 aromatic rings. The molecule has 1 saturated carbocycles. The van der Waals surface area contributed by atoms with Crippen LogP contribution in [0.25, 0.3) is 0 Å². The zero-order chi connectivity index (χ0) is 14.7. The van der Waals surface area contributed by atoms with E-state index in [0.717, 1.165) is 18.8 Å². The fourth-order valence-corrected chi connectivity index (χ4v) is 2.68. The summed E-state index contributed by atoms with van der Waals surface area (Å²) in [5.41, 5.74) is -0.356. The number of hydrogen-bond donors (Lipinski definition) is 0. The summed E-state index contributed by atoms with van der Waals surface area (Å²) >= 11 is 0. The summed E-state index contributed by atoms with van der Waals surface area (Å²) in [5.74, 6) is 1.39. The lowest BCUT2D eigenvalue weighted by atomic mass is 9.87. The summed E-state index contributed by atoms with van der Waals surface area (Å²) in [6, 6.07) is 5.18. The van der Waals surface area contributed by atoms with Gasteiger partial charge in [-0.25, -0.2) is 4.98 Å². The summed E-state index contributed by atoms with van der Waals surface area (Å²) in [6.07, 6.45) is 4.57. The van der Waals surface area contributed by atoms with E-state index in [-0.39, 0.29) is 11.4 Å². The number of rotatable bonds is 3. The Morgan fingerprint density at radius 1 is 1.40 bits per heavy atom. The Labute approximate surface area is 118 Å². The van der Waals surface area contributed by atoms with Gasteiger partial charge in [-0.3, -0.25) is 10.1 Å². The molecule has 0 aliphatic heterocycles. The lowest BCUT2D eigenvalue weighted by Crippen LogP contribution is -2.35. The molecule has 2 rings (SSSR count). The van der Waals surface area contributed by atoms with E-state index in [2.05, 4.69) is 11.9 Å². The van der Waals surface area contributed by atoms with Crippen LogP contribution in [0.1, 0.15) is 38.3 Å². The average molecular weight is 274 g/mol. The van der Waals surface area contributed by atoms with Crippen molar-refractivity contribution in [2.75, 3.05) is 11.9 Å². The van der Waals surface area contributed by atoms with E-state index in [1.54, 1.807) is 12.1 Å². The molecule has 1 fully saturated rings. The summed E-state index contributed by atoms with van der Waals surface area (Å²) in [4.78, 5) is 16.4. The molecule has 1 aliphatic rings. The highest BCUT2D eigenvalue weighted by Gasteiger charge is 2.24. The monoisotopic (exact) mass is 274 g/mol. The predicted molar refractivity (Wildman–Crippen MR) is 75.4 cm³/mol. The molecule has 6 nitrogen and oxygen atoms in total. The maximum atomic E-state index is 10.8. The topological polar surface area (TPSA) is 83.1 Å². The van der Waals surface area contributed by atoms with Crippen molar-refractivity contribution in [2.45, 2.75) is 38.6 Å². The minimum Gasteiger partial charge on any atom is -0.357 e. The van der Waals surface area contributed by atoms with Crippen molar-refractivity contribution in [3.8, 4) is 6.07 Å². The second-order valence-electron chi connectivity index (χ2n) is 5.43. The van der Waals surface area contributed by atoms with Gasteiger partial charge >= 0.3 is 5.69 Å². The normalized spacial score (nSPS) is 22.1. The van der Waals surface area contributed by atoms with Crippen LogP contribution in [0.2, 0.25) is 0 Å². The molecule has 0 unspecified atom stereocenters. The van der Waals surface area contributed by atoms with Gasteiger partial charge < -0.3 is 4.90 Å². The van der Waals surface area contributed by atoms with Gasteiger partial charge in [0.25, 0.3) is 0 Å². The van der Waals surface area contributed by atoms with Crippen molar-refractivity contribution in [3.63, 3.8) is 0 Å². The molecule has 0 spiro atoms. The van der Waals surface area contributed by atoms with Crippen LogP contribution in [-0.2, 0) is 0 Å². The number of nitro groups is 1. The quantitative estimate of drug-likeness (QED) is 0.625. The maximum Gasteiger partial charge on any atom is 0.305 e. The van der Waals surface area contributed by atoms with Crippen molar-refractivity contribution in [1.82, 2.24) is 4.98 Å². The summed E-state index contributed by atoms with van der Waals surface area (Å²) in [5, 5.41) is 19.8. The number of pyridine rings is 1. The maximum absolute atomic E-state index is 10.8. The average Bonchev–Trinajstić information content (AvgIpc) is 2.46. The fraction of sp³-hybridized carbons (Fsp3) is 0.571. The molecule has 0 radical (unpaired) electrons. The zero-order valence-corrected chi connectivity index (χ0v) is 11.7. The number of hydrogen-bond acceptors (Lipinski definition) is 5. The third-order valence-corrected chi connectivity index (χ3v) is 4.06. The number of aromatic nitrogens is 1. The number of nitriles is 1. The van der Waals surface area contributed by atoms with Crippen molar-refractivity contribution in [3.05, 3.63) is 27.9 Å². The lowest BCUT2D eigenvalue weighted by molar-refractivity contribution is -0.385. The first kappa shape index (κ1) is 14.3. The molecule has 0 atom stereocenters. The van der Waals surface area contributed by atoms with Crippen LogP contribution in [0.4, 0.5) is 11.5 Å². The van der Waals surface area contributed by atoms with E-state index in [0.29, 0.717) is 11.9 Å². The van der Waals surface area contributed by atoms with Crippen LogP contribution in [0.15, 0.2) is 12.1 Å². The highest BCUT2D eigenvalue weighted by atomic mass is 16.6. The first-order valence-corrected chi connectivity index (χ1v) is 6.81. The summed E-state index contributed by atoms with van der Waals surface area (Å²) in [7, 11) is 1.94. The van der Waals surface area contributed by atoms with Crippen molar-refractivity contribution in [2.24, 2.45) is 5.92 Å². The minimum absolute atomic E-state index is 0.122. The zero-order valence-electron chi connectivity index (χ0n) is 11.7. The van der Waals surface area contributed by atoms with E-state index in [9.17, 15) is 10.1 Å². The van der Waals surface area contributed by atoms with Crippen molar-refractivity contribution in [1.29, 1.82) is 5.26 Å². The van der Waals surface area contributed by atoms with Gasteiger partial charge in [-0.2, -0.15) is 5.26 Å². The second kappa shape index (κ2) is 5.87. The Morgan fingerprint density at radius 2 is 2.05 bits per heavy atom. The van der Waals surface area contributed by atoms with Crippen molar-refractivity contribution >= 4 is 11.5 Å². The highest BCUT2D eigenvalue weighted by Crippen LogP contribution is 2.29. The first-order chi connectivity index (χ1) is 9.52. The molecular weight excluding hydrogens is 256 g/mol. The Balaban J connectivity index is 2.20. The molecule has 1 aromatic heterocycles. The molecule has 0 amide bonds. The molecule has 1 aliphatic carbocycles. The molecule has 0 bridgehead atoms. The standard InChI is InChI=1S/C14H18N4O2/c1-10-3-5-11(6-4-10)17(2)14-8-7-13(18(19)20)12(9-15)16-14/h7-8,10-11H,3-6H2,1-2H3. The van der Waals surface area contributed by atoms with Crippen molar-refractivity contribution < 1.29 is 4.92 Å². The van der Waals surface area contributed by atoms with Gasteiger partial charge in [0.2, 0.25) is 5.69 Å². The van der Waals surface area contributed by atoms with Gasteiger partial charge in [-0.1, -0.05) is 6.92 Å². The van der Waals surface area contributed by atoms with Gasteiger partial charge in [0.1, 0.15) is 11.9 Å². The van der Waals surface area contributed by atoms with Crippen LogP contribution in [0.5, 0.6) is 0 Å². The van der Waals surface area contributed by atoms with E-state index >= 15 is 0 Å². The molecule has 0 saturated heterocycles. The van der Waals surface area contributed by atoms with Crippen LogP contribution < -0.4 is 4.90 Å². The van der Waals surface area contributed by atoms with Gasteiger partial charge in [0.15, 0.2) is 0 Å². The third kappa shape index (κ3) is 2.87.